The summed E-state index contributed by atoms with van der Waals surface area (Å²) in [5.74, 6) is 6.02. The van der Waals surface area contributed by atoms with E-state index in [4.69, 9.17) is 16.8 Å². The van der Waals surface area contributed by atoms with E-state index >= 15 is 0 Å². The molecule has 2 aromatic rings. The Balaban J connectivity index is 2.85. The van der Waals surface area contributed by atoms with Crippen molar-refractivity contribution in [3.63, 3.8) is 0 Å². The van der Waals surface area contributed by atoms with Crippen LogP contribution < -0.4 is 16.5 Å². The zero-order valence-electron chi connectivity index (χ0n) is 14.1. The highest BCUT2D eigenvalue weighted by Gasteiger charge is 2.24. The van der Waals surface area contributed by atoms with E-state index in [0.717, 1.165) is 0 Å². The monoisotopic (exact) mass is 322 g/mol. The smallest absolute Gasteiger partial charge is 0.174 e. The lowest BCUT2D eigenvalue weighted by molar-refractivity contribution is 0.318. The summed E-state index contributed by atoms with van der Waals surface area (Å²) in [7, 11) is 3.41. The molecule has 0 amide bonds. The van der Waals surface area contributed by atoms with Crippen molar-refractivity contribution in [1.82, 2.24) is 9.66 Å². The van der Waals surface area contributed by atoms with E-state index in [2.05, 4.69) is 10.1 Å². The average Bonchev–Trinajstić information content (AvgIpc) is 2.74. The van der Waals surface area contributed by atoms with Crippen LogP contribution in [0.3, 0.4) is 0 Å². The van der Waals surface area contributed by atoms with Gasteiger partial charge in [-0.3, -0.25) is 0 Å². The summed E-state index contributed by atoms with van der Waals surface area (Å²) in [5, 5.41) is 12.0. The second-order valence-electron chi connectivity index (χ2n) is 6.97. The molecule has 1 aromatic carbocycles. The quantitative estimate of drug-likeness (QED) is 0.262. The van der Waals surface area contributed by atoms with Crippen LogP contribution in [0, 0.1) is 11.2 Å². The molecule has 0 fully saturated rings. The Hall–Kier alpha value is -2.51. The minimum absolute atomic E-state index is 0.0733. The predicted molar refractivity (Wildman–Crippen MR) is 89.8 cm³/mol. The van der Waals surface area contributed by atoms with Crippen molar-refractivity contribution in [1.29, 1.82) is 0 Å². The number of imidazole rings is 1. The maximum atomic E-state index is 14.8. The summed E-state index contributed by atoms with van der Waals surface area (Å²) >= 11 is 0. The molecule has 7 nitrogen and oxygen atoms in total. The fourth-order valence-electron chi connectivity index (χ4n) is 2.45. The number of hydrogen-bond acceptors (Lipinski definition) is 5. The van der Waals surface area contributed by atoms with Crippen LogP contribution >= 0.6 is 0 Å². The van der Waals surface area contributed by atoms with Gasteiger partial charge in [0.1, 0.15) is 16.9 Å². The summed E-state index contributed by atoms with van der Waals surface area (Å²) in [4.78, 5) is 5.96. The van der Waals surface area contributed by atoms with Crippen molar-refractivity contribution < 1.29 is 9.60 Å². The van der Waals surface area contributed by atoms with Crippen molar-refractivity contribution in [2.45, 2.75) is 27.2 Å². The lowest BCUT2D eigenvalue weighted by Gasteiger charge is -2.17. The van der Waals surface area contributed by atoms with Gasteiger partial charge < -0.3 is 21.7 Å². The van der Waals surface area contributed by atoms with Crippen LogP contribution in [-0.4, -0.2) is 34.8 Å². The van der Waals surface area contributed by atoms with E-state index in [1.807, 2.05) is 20.8 Å². The van der Waals surface area contributed by atoms with E-state index in [9.17, 15) is 4.39 Å². The van der Waals surface area contributed by atoms with Crippen LogP contribution in [-0.2, 0) is 6.42 Å². The Morgan fingerprint density at radius 3 is 2.52 bits per heavy atom. The molecule has 0 aliphatic carbocycles. The standard InChI is InChI=1S/C15H23FN6O/c1-15(2,3)7-10-19-12-11(16)9(21(4)5)6-8(14(17)20-23)13(12)22(10)18/h6,23H,7,18H2,1-5H3,(H2,17,20). The third kappa shape index (κ3) is 3.01. The van der Waals surface area contributed by atoms with Gasteiger partial charge in [-0.05, 0) is 11.5 Å². The highest BCUT2D eigenvalue weighted by Crippen LogP contribution is 2.31. The lowest BCUT2D eigenvalue weighted by atomic mass is 9.92. The van der Waals surface area contributed by atoms with E-state index in [0.29, 0.717) is 29.0 Å². The fraction of sp³-hybridized carbons (Fsp3) is 0.467. The van der Waals surface area contributed by atoms with Crippen molar-refractivity contribution in [2.24, 2.45) is 16.3 Å². The molecule has 0 spiro atoms. The third-order valence-corrected chi connectivity index (χ3v) is 3.51. The zero-order chi connectivity index (χ0) is 17.5. The molecule has 8 heteroatoms. The van der Waals surface area contributed by atoms with E-state index in [1.54, 1.807) is 19.0 Å². The Morgan fingerprint density at radius 1 is 1.43 bits per heavy atom. The molecule has 0 aliphatic rings. The molecule has 23 heavy (non-hydrogen) atoms. The van der Waals surface area contributed by atoms with Crippen LogP contribution in [0.2, 0.25) is 0 Å². The number of nitrogens with two attached hydrogens (primary N) is 2. The number of benzene rings is 1. The molecule has 0 saturated carbocycles. The molecule has 5 N–H and O–H groups in total. The Labute approximate surface area is 134 Å². The Kier molecular flexibility index (Phi) is 4.10. The van der Waals surface area contributed by atoms with E-state index in [-0.39, 0.29) is 16.8 Å². The fourth-order valence-corrected chi connectivity index (χ4v) is 2.45. The first-order chi connectivity index (χ1) is 10.6. The highest BCUT2D eigenvalue weighted by molar-refractivity contribution is 6.08. The van der Waals surface area contributed by atoms with Crippen molar-refractivity contribution in [3.8, 4) is 0 Å². The molecule has 1 aromatic heterocycles. The van der Waals surface area contributed by atoms with Crippen LogP contribution in [0.4, 0.5) is 10.1 Å². The first-order valence-corrected chi connectivity index (χ1v) is 7.21. The molecule has 1 heterocycles. The minimum Gasteiger partial charge on any atom is -0.409 e. The van der Waals surface area contributed by atoms with Gasteiger partial charge in [-0.25, -0.2) is 14.1 Å². The number of rotatable bonds is 3. The predicted octanol–water partition coefficient (Wildman–Crippen LogP) is 1.64. The first kappa shape index (κ1) is 16.9. The molecule has 0 radical (unpaired) electrons. The van der Waals surface area contributed by atoms with Gasteiger partial charge in [0, 0.05) is 20.5 Å². The number of amidine groups is 1. The van der Waals surface area contributed by atoms with Crippen LogP contribution in [0.5, 0.6) is 0 Å². The minimum atomic E-state index is -0.487. The number of nitrogen functional groups attached to an aromatic ring is 1. The normalized spacial score (nSPS) is 12.9. The van der Waals surface area contributed by atoms with Gasteiger partial charge in [0.15, 0.2) is 11.7 Å². The summed E-state index contributed by atoms with van der Waals surface area (Å²) in [6, 6.07) is 1.50. The van der Waals surface area contributed by atoms with Gasteiger partial charge in [-0.2, -0.15) is 0 Å². The summed E-state index contributed by atoms with van der Waals surface area (Å²) in [5.41, 5.74) is 6.72. The molecule has 0 atom stereocenters. The maximum absolute atomic E-state index is 14.8. The lowest BCUT2D eigenvalue weighted by Crippen LogP contribution is -2.22. The molecular formula is C15H23FN6O. The topological polar surface area (TPSA) is 106 Å². The van der Waals surface area contributed by atoms with Gasteiger partial charge in [-0.1, -0.05) is 25.9 Å². The maximum Gasteiger partial charge on any atom is 0.174 e. The molecular weight excluding hydrogens is 299 g/mol. The van der Waals surface area contributed by atoms with Gasteiger partial charge in [0.05, 0.1) is 11.3 Å². The number of nitrogens with zero attached hydrogens (tertiary/aromatic N) is 4. The Morgan fingerprint density at radius 2 is 2.04 bits per heavy atom. The number of anilines is 1. The SMILES string of the molecule is CN(C)c1cc(C(N)=NO)c2c(nc(CC(C)(C)C)n2N)c1F. The van der Waals surface area contributed by atoms with Crippen molar-refractivity contribution in [2.75, 3.05) is 24.8 Å². The second-order valence-corrected chi connectivity index (χ2v) is 6.97. The summed E-state index contributed by atoms with van der Waals surface area (Å²) in [6.07, 6.45) is 0.560. The number of oxime groups is 1. The average molecular weight is 322 g/mol. The van der Waals surface area contributed by atoms with Gasteiger partial charge in [-0.15, -0.1) is 0 Å². The molecule has 0 unspecified atom stereocenters. The molecule has 0 bridgehead atoms. The highest BCUT2D eigenvalue weighted by atomic mass is 19.1. The number of hydrogen-bond donors (Lipinski definition) is 3. The van der Waals surface area contributed by atoms with Crippen LogP contribution in [0.25, 0.3) is 11.0 Å². The van der Waals surface area contributed by atoms with Crippen molar-refractivity contribution in [3.05, 3.63) is 23.3 Å². The zero-order valence-corrected chi connectivity index (χ0v) is 14.1. The van der Waals surface area contributed by atoms with Crippen molar-refractivity contribution >= 4 is 22.6 Å². The largest absolute Gasteiger partial charge is 0.409 e. The summed E-state index contributed by atoms with van der Waals surface area (Å²) < 4.78 is 16.1. The number of halogens is 1. The Bertz CT molecular complexity index is 773. The molecule has 2 rings (SSSR count). The number of aromatic nitrogens is 2. The molecule has 0 aliphatic heterocycles. The van der Waals surface area contributed by atoms with E-state index in [1.165, 1.54) is 10.7 Å². The molecule has 126 valence electrons. The second kappa shape index (κ2) is 5.60. The number of fused-ring (bicyclic) bond motifs is 1. The molecule has 0 saturated heterocycles. The third-order valence-electron chi connectivity index (χ3n) is 3.51. The van der Waals surface area contributed by atoms with E-state index < -0.39 is 5.82 Å². The van der Waals surface area contributed by atoms with Gasteiger partial charge >= 0.3 is 0 Å². The van der Waals surface area contributed by atoms with Crippen LogP contribution in [0.15, 0.2) is 11.2 Å². The van der Waals surface area contributed by atoms with Gasteiger partial charge in [0.2, 0.25) is 0 Å². The first-order valence-electron chi connectivity index (χ1n) is 7.21. The van der Waals surface area contributed by atoms with Gasteiger partial charge in [0.25, 0.3) is 0 Å². The van der Waals surface area contributed by atoms with Crippen LogP contribution in [0.1, 0.15) is 32.2 Å². The summed E-state index contributed by atoms with van der Waals surface area (Å²) in [6.45, 7) is 6.12.